The first kappa shape index (κ1) is 14.3. The SMILES string of the molecule is CCOCCN(CC)c1cc2nc[nH]c(=O)c2cc1N. The van der Waals surface area contributed by atoms with E-state index < -0.39 is 0 Å². The zero-order chi connectivity index (χ0) is 14.5. The van der Waals surface area contributed by atoms with Gasteiger partial charge in [-0.15, -0.1) is 0 Å². The monoisotopic (exact) mass is 276 g/mol. The minimum absolute atomic E-state index is 0.175. The highest BCUT2D eigenvalue weighted by atomic mass is 16.5. The summed E-state index contributed by atoms with van der Waals surface area (Å²) < 4.78 is 5.38. The fourth-order valence-corrected chi connectivity index (χ4v) is 2.16. The lowest BCUT2D eigenvalue weighted by Gasteiger charge is -2.24. The number of anilines is 2. The van der Waals surface area contributed by atoms with Gasteiger partial charge < -0.3 is 20.4 Å². The topological polar surface area (TPSA) is 84.2 Å². The number of aromatic nitrogens is 2. The van der Waals surface area contributed by atoms with Crippen LogP contribution in [-0.4, -0.2) is 36.3 Å². The van der Waals surface area contributed by atoms with Crippen molar-refractivity contribution in [3.8, 4) is 0 Å². The summed E-state index contributed by atoms with van der Waals surface area (Å²) in [6.45, 7) is 6.93. The van der Waals surface area contributed by atoms with E-state index in [2.05, 4.69) is 21.8 Å². The number of nitrogens with one attached hydrogen (secondary N) is 1. The molecule has 3 N–H and O–H groups in total. The van der Waals surface area contributed by atoms with Gasteiger partial charge in [-0.2, -0.15) is 0 Å². The summed E-state index contributed by atoms with van der Waals surface area (Å²) in [4.78, 5) is 20.6. The van der Waals surface area contributed by atoms with Crippen molar-refractivity contribution in [1.82, 2.24) is 9.97 Å². The molecule has 1 heterocycles. The van der Waals surface area contributed by atoms with E-state index in [1.807, 2.05) is 13.0 Å². The quantitative estimate of drug-likeness (QED) is 0.615. The first-order chi connectivity index (χ1) is 9.67. The van der Waals surface area contributed by atoms with Crippen LogP contribution >= 0.6 is 0 Å². The molecule has 6 nitrogen and oxygen atoms in total. The Kier molecular flexibility index (Phi) is 4.57. The summed E-state index contributed by atoms with van der Waals surface area (Å²) in [6.07, 6.45) is 1.40. The lowest BCUT2D eigenvalue weighted by molar-refractivity contribution is 0.154. The van der Waals surface area contributed by atoms with Gasteiger partial charge in [0.25, 0.3) is 5.56 Å². The van der Waals surface area contributed by atoms with E-state index in [9.17, 15) is 4.79 Å². The fourth-order valence-electron chi connectivity index (χ4n) is 2.16. The van der Waals surface area contributed by atoms with Crippen molar-refractivity contribution in [3.05, 3.63) is 28.8 Å². The Balaban J connectivity index is 2.37. The van der Waals surface area contributed by atoms with E-state index in [0.29, 0.717) is 29.8 Å². The van der Waals surface area contributed by atoms with Gasteiger partial charge in [0.1, 0.15) is 0 Å². The molecule has 20 heavy (non-hydrogen) atoms. The van der Waals surface area contributed by atoms with E-state index in [4.69, 9.17) is 10.5 Å². The lowest BCUT2D eigenvalue weighted by atomic mass is 10.1. The third-order valence-corrected chi connectivity index (χ3v) is 3.22. The molecule has 0 spiro atoms. The normalized spacial score (nSPS) is 10.9. The minimum Gasteiger partial charge on any atom is -0.397 e. The molecule has 1 aromatic carbocycles. The van der Waals surface area contributed by atoms with Gasteiger partial charge in [-0.3, -0.25) is 4.79 Å². The molecule has 0 radical (unpaired) electrons. The van der Waals surface area contributed by atoms with E-state index in [0.717, 1.165) is 18.8 Å². The number of benzene rings is 1. The van der Waals surface area contributed by atoms with Crippen molar-refractivity contribution >= 4 is 22.3 Å². The van der Waals surface area contributed by atoms with Gasteiger partial charge in [0, 0.05) is 19.7 Å². The van der Waals surface area contributed by atoms with Crippen LogP contribution in [0.5, 0.6) is 0 Å². The molecule has 0 atom stereocenters. The Morgan fingerprint density at radius 1 is 1.40 bits per heavy atom. The molecule has 0 amide bonds. The average molecular weight is 276 g/mol. The average Bonchev–Trinajstić information content (AvgIpc) is 2.45. The van der Waals surface area contributed by atoms with Crippen molar-refractivity contribution in [3.63, 3.8) is 0 Å². The van der Waals surface area contributed by atoms with Gasteiger partial charge in [-0.05, 0) is 26.0 Å². The molecule has 0 aliphatic heterocycles. The largest absolute Gasteiger partial charge is 0.397 e. The van der Waals surface area contributed by atoms with Gasteiger partial charge >= 0.3 is 0 Å². The van der Waals surface area contributed by atoms with Crippen LogP contribution in [0.25, 0.3) is 10.9 Å². The van der Waals surface area contributed by atoms with Crippen molar-refractivity contribution in [2.75, 3.05) is 36.9 Å². The number of rotatable bonds is 6. The Bertz CT molecular complexity index is 639. The highest BCUT2D eigenvalue weighted by Crippen LogP contribution is 2.26. The molecule has 0 aliphatic rings. The molecule has 0 saturated carbocycles. The van der Waals surface area contributed by atoms with E-state index in [1.54, 1.807) is 6.07 Å². The molecule has 0 fully saturated rings. The van der Waals surface area contributed by atoms with Crippen LogP contribution in [0.15, 0.2) is 23.3 Å². The molecule has 2 rings (SSSR count). The molecule has 0 bridgehead atoms. The number of hydrogen-bond acceptors (Lipinski definition) is 5. The second-order valence-corrected chi connectivity index (χ2v) is 4.44. The van der Waals surface area contributed by atoms with Gasteiger partial charge in [0.2, 0.25) is 0 Å². The van der Waals surface area contributed by atoms with E-state index in [1.165, 1.54) is 6.33 Å². The lowest BCUT2D eigenvalue weighted by Crippen LogP contribution is -2.28. The maximum Gasteiger partial charge on any atom is 0.258 e. The Morgan fingerprint density at radius 2 is 2.20 bits per heavy atom. The molecular formula is C14H20N4O2. The number of ether oxygens (including phenoxy) is 1. The predicted octanol–water partition coefficient (Wildman–Crippen LogP) is 1.37. The third kappa shape index (κ3) is 2.91. The number of fused-ring (bicyclic) bond motifs is 1. The number of nitrogens with two attached hydrogens (primary N) is 1. The maximum atomic E-state index is 11.7. The zero-order valence-corrected chi connectivity index (χ0v) is 11.8. The summed E-state index contributed by atoms with van der Waals surface area (Å²) >= 11 is 0. The van der Waals surface area contributed by atoms with Crippen molar-refractivity contribution in [1.29, 1.82) is 0 Å². The Labute approximate surface area is 117 Å². The highest BCUT2D eigenvalue weighted by Gasteiger charge is 2.11. The smallest absolute Gasteiger partial charge is 0.258 e. The molecule has 0 aliphatic carbocycles. The number of aromatic amines is 1. The molecule has 0 unspecified atom stereocenters. The van der Waals surface area contributed by atoms with Gasteiger partial charge in [0.05, 0.1) is 35.2 Å². The van der Waals surface area contributed by atoms with Gasteiger partial charge in [-0.25, -0.2) is 4.98 Å². The van der Waals surface area contributed by atoms with Crippen LogP contribution < -0.4 is 16.2 Å². The predicted molar refractivity (Wildman–Crippen MR) is 81.2 cm³/mol. The summed E-state index contributed by atoms with van der Waals surface area (Å²) in [5.41, 5.74) is 8.01. The van der Waals surface area contributed by atoms with Crippen LogP contribution in [0.4, 0.5) is 11.4 Å². The Hall–Kier alpha value is -2.08. The van der Waals surface area contributed by atoms with Gasteiger partial charge in [-0.1, -0.05) is 0 Å². The van der Waals surface area contributed by atoms with Crippen LogP contribution in [-0.2, 0) is 4.74 Å². The number of H-pyrrole nitrogens is 1. The van der Waals surface area contributed by atoms with Crippen molar-refractivity contribution < 1.29 is 4.74 Å². The van der Waals surface area contributed by atoms with Gasteiger partial charge in [0.15, 0.2) is 0 Å². The number of nitrogens with zero attached hydrogens (tertiary/aromatic N) is 2. The molecule has 2 aromatic rings. The van der Waals surface area contributed by atoms with E-state index in [-0.39, 0.29) is 5.56 Å². The summed E-state index contributed by atoms with van der Waals surface area (Å²) in [6, 6.07) is 3.54. The van der Waals surface area contributed by atoms with Crippen LogP contribution in [0.1, 0.15) is 13.8 Å². The first-order valence-electron chi connectivity index (χ1n) is 6.77. The number of likely N-dealkylation sites (N-methyl/N-ethyl adjacent to an activating group) is 1. The number of nitrogen functional groups attached to an aromatic ring is 1. The summed E-state index contributed by atoms with van der Waals surface area (Å²) in [5, 5.41) is 0.509. The fraction of sp³-hybridized carbons (Fsp3) is 0.429. The Morgan fingerprint density at radius 3 is 2.90 bits per heavy atom. The highest BCUT2D eigenvalue weighted by molar-refractivity contribution is 5.88. The van der Waals surface area contributed by atoms with Crippen molar-refractivity contribution in [2.45, 2.75) is 13.8 Å². The van der Waals surface area contributed by atoms with Crippen LogP contribution in [0.3, 0.4) is 0 Å². The molecule has 108 valence electrons. The molecular weight excluding hydrogens is 256 g/mol. The molecule has 1 aromatic heterocycles. The molecule has 0 saturated heterocycles. The summed E-state index contributed by atoms with van der Waals surface area (Å²) in [5.74, 6) is 0. The van der Waals surface area contributed by atoms with Crippen molar-refractivity contribution in [2.24, 2.45) is 0 Å². The standard InChI is InChI=1S/C14H20N4O2/c1-3-18(5-6-20-4-2)13-8-12-10(7-11(13)15)14(19)17-9-16-12/h7-9H,3-6,15H2,1-2H3,(H,16,17,19). The second kappa shape index (κ2) is 6.38. The summed E-state index contributed by atoms with van der Waals surface area (Å²) in [7, 11) is 0. The van der Waals surface area contributed by atoms with E-state index >= 15 is 0 Å². The minimum atomic E-state index is -0.175. The van der Waals surface area contributed by atoms with Crippen LogP contribution in [0.2, 0.25) is 0 Å². The first-order valence-corrected chi connectivity index (χ1v) is 6.77. The second-order valence-electron chi connectivity index (χ2n) is 4.44. The zero-order valence-electron chi connectivity index (χ0n) is 11.8. The maximum absolute atomic E-state index is 11.7. The number of hydrogen-bond donors (Lipinski definition) is 2. The molecule has 6 heteroatoms. The van der Waals surface area contributed by atoms with Crippen LogP contribution in [0, 0.1) is 0 Å². The third-order valence-electron chi connectivity index (χ3n) is 3.22.